The van der Waals surface area contributed by atoms with Gasteiger partial charge in [-0.15, -0.1) is 0 Å². The van der Waals surface area contributed by atoms with Crippen LogP contribution in [0.2, 0.25) is 0 Å². The predicted molar refractivity (Wildman–Crippen MR) is 192 cm³/mol. The van der Waals surface area contributed by atoms with Gasteiger partial charge in [-0.3, -0.25) is 0 Å². The van der Waals surface area contributed by atoms with E-state index in [9.17, 15) is 4.79 Å². The molecule has 0 saturated carbocycles. The molecule has 2 atom stereocenters. The summed E-state index contributed by atoms with van der Waals surface area (Å²) in [6.07, 6.45) is 5.99. The molecule has 0 fully saturated rings. The molecule has 0 amide bonds. The second-order valence-electron chi connectivity index (χ2n) is 11.9. The van der Waals surface area contributed by atoms with Crippen LogP contribution in [-0.2, 0) is 38.3 Å². The Morgan fingerprint density at radius 1 is 0.667 bits per heavy atom. The van der Waals surface area contributed by atoms with Gasteiger partial charge in [0.1, 0.15) is 18.5 Å². The van der Waals surface area contributed by atoms with Crippen LogP contribution >= 0.6 is 0 Å². The summed E-state index contributed by atoms with van der Waals surface area (Å²) in [7, 11) is 1.52. The summed E-state index contributed by atoms with van der Waals surface area (Å²) >= 11 is 0. The number of fused-ring (bicyclic) bond motifs is 2. The molecule has 0 heterocycles. The maximum atomic E-state index is 12.1. The monoisotopic (exact) mass is 638 g/mol. The molecule has 0 aromatic heterocycles. The molecule has 48 heavy (non-hydrogen) atoms. The summed E-state index contributed by atoms with van der Waals surface area (Å²) in [6, 6.07) is 42.3. The van der Waals surface area contributed by atoms with Gasteiger partial charge in [-0.05, 0) is 88.0 Å². The molecule has 1 aliphatic rings. The van der Waals surface area contributed by atoms with Gasteiger partial charge in [-0.1, -0.05) is 115 Å². The van der Waals surface area contributed by atoms with E-state index in [0.29, 0.717) is 26.2 Å². The van der Waals surface area contributed by atoms with Gasteiger partial charge in [0.25, 0.3) is 0 Å². The third-order valence-electron chi connectivity index (χ3n) is 8.71. The normalized spacial score (nSPS) is 14.0. The quantitative estimate of drug-likeness (QED) is 0.0898. The zero-order chi connectivity index (χ0) is 33.1. The zero-order valence-corrected chi connectivity index (χ0v) is 27.6. The van der Waals surface area contributed by atoms with Gasteiger partial charge in [0.2, 0.25) is 0 Å². The Morgan fingerprint density at radius 2 is 1.31 bits per heavy atom. The van der Waals surface area contributed by atoms with Crippen molar-refractivity contribution in [3.05, 3.63) is 160 Å². The number of methoxy groups -OCH3 is 1. The van der Waals surface area contributed by atoms with Gasteiger partial charge in [0.05, 0.1) is 13.2 Å². The first-order valence-corrected chi connectivity index (χ1v) is 16.7. The summed E-state index contributed by atoms with van der Waals surface area (Å²) < 4.78 is 23.2. The van der Waals surface area contributed by atoms with Crippen molar-refractivity contribution in [3.8, 4) is 16.9 Å². The lowest BCUT2D eigenvalue weighted by Gasteiger charge is -2.22. The average Bonchev–Trinajstić information content (AvgIpc) is 3.29. The molecule has 0 saturated heterocycles. The van der Waals surface area contributed by atoms with Gasteiger partial charge in [-0.2, -0.15) is 0 Å². The Kier molecular flexibility index (Phi) is 11.1. The van der Waals surface area contributed by atoms with Crippen LogP contribution < -0.4 is 4.74 Å². The molecule has 0 aliphatic heterocycles. The first-order chi connectivity index (χ1) is 23.6. The Labute approximate surface area is 283 Å². The predicted octanol–water partition coefficient (Wildman–Crippen LogP) is 8.93. The van der Waals surface area contributed by atoms with Crippen LogP contribution in [0.5, 0.6) is 5.75 Å². The highest BCUT2D eigenvalue weighted by Crippen LogP contribution is 2.38. The minimum Gasteiger partial charge on any atom is -0.491 e. The Morgan fingerprint density at radius 3 is 2.02 bits per heavy atom. The molecule has 5 aromatic rings. The first-order valence-electron chi connectivity index (χ1n) is 16.7. The molecular weight excluding hydrogens is 596 g/mol. The lowest BCUT2D eigenvalue weighted by Crippen LogP contribution is -2.27. The van der Waals surface area contributed by atoms with E-state index >= 15 is 0 Å². The van der Waals surface area contributed by atoms with Gasteiger partial charge < -0.3 is 18.9 Å². The average molecular weight is 639 g/mol. The lowest BCUT2D eigenvalue weighted by molar-refractivity contribution is -0.154. The second-order valence-corrected chi connectivity index (χ2v) is 11.9. The fraction of sp³-hybridized carbons (Fsp3) is 0.233. The van der Waals surface area contributed by atoms with Crippen LogP contribution in [0.1, 0.15) is 52.0 Å². The van der Waals surface area contributed by atoms with Crippen LogP contribution in [0.25, 0.3) is 23.3 Å². The highest BCUT2D eigenvalue weighted by atomic mass is 16.6. The number of esters is 1. The van der Waals surface area contributed by atoms with E-state index in [1.54, 1.807) is 6.92 Å². The molecule has 0 radical (unpaired) electrons. The minimum atomic E-state index is -0.631. The molecule has 2 unspecified atom stereocenters. The van der Waals surface area contributed by atoms with Gasteiger partial charge in [-0.25, -0.2) is 4.79 Å². The van der Waals surface area contributed by atoms with Crippen LogP contribution in [0, 0.1) is 0 Å². The van der Waals surface area contributed by atoms with Crippen LogP contribution in [0.4, 0.5) is 0 Å². The molecule has 1 aliphatic carbocycles. The molecule has 5 heteroatoms. The number of aryl methyl sites for hydroxylation is 2. The first kappa shape index (κ1) is 33.0. The van der Waals surface area contributed by atoms with Crippen molar-refractivity contribution in [2.45, 2.75) is 38.4 Å². The summed E-state index contributed by atoms with van der Waals surface area (Å²) in [6.45, 7) is 2.92. The fourth-order valence-corrected chi connectivity index (χ4v) is 6.15. The summed E-state index contributed by atoms with van der Waals surface area (Å²) in [5.74, 6) is 0.389. The SMILES string of the molecule is CCOC(=O)C(Cc1ccc(OCCOC2c3ccc(CCc4ccccc4)cc3C=Cc3cc(-c4ccccc4)ccc32)cc1)OC. The van der Waals surface area contributed by atoms with Gasteiger partial charge in [0.15, 0.2) is 6.10 Å². The maximum absolute atomic E-state index is 12.1. The summed E-state index contributed by atoms with van der Waals surface area (Å²) in [5, 5.41) is 0. The Balaban J connectivity index is 1.16. The largest absolute Gasteiger partial charge is 0.491 e. The third-order valence-corrected chi connectivity index (χ3v) is 8.71. The van der Waals surface area contributed by atoms with E-state index < -0.39 is 6.10 Å². The molecule has 5 nitrogen and oxygen atoms in total. The van der Waals surface area contributed by atoms with E-state index in [1.807, 2.05) is 30.3 Å². The highest BCUT2D eigenvalue weighted by molar-refractivity contribution is 5.79. The minimum absolute atomic E-state index is 0.238. The van der Waals surface area contributed by atoms with E-state index in [0.717, 1.165) is 40.8 Å². The second kappa shape index (κ2) is 16.2. The van der Waals surface area contributed by atoms with Crippen molar-refractivity contribution in [3.63, 3.8) is 0 Å². The number of hydrogen-bond donors (Lipinski definition) is 0. The van der Waals surface area contributed by atoms with Crippen LogP contribution in [0.3, 0.4) is 0 Å². The van der Waals surface area contributed by atoms with Gasteiger partial charge in [0, 0.05) is 13.5 Å². The number of rotatable bonds is 14. The number of carbonyl (C=O) groups excluding carboxylic acids is 1. The van der Waals surface area contributed by atoms with Crippen molar-refractivity contribution in [2.24, 2.45) is 0 Å². The molecule has 0 bridgehead atoms. The molecule has 6 rings (SSSR count). The maximum Gasteiger partial charge on any atom is 0.335 e. The molecular formula is C43H42O5. The summed E-state index contributed by atoms with van der Waals surface area (Å²) in [5.41, 5.74) is 10.6. The molecule has 5 aromatic carbocycles. The fourth-order valence-electron chi connectivity index (χ4n) is 6.15. The number of benzene rings is 5. The third kappa shape index (κ3) is 8.29. The van der Waals surface area contributed by atoms with Crippen molar-refractivity contribution >= 4 is 18.1 Å². The van der Waals surface area contributed by atoms with E-state index in [4.69, 9.17) is 18.9 Å². The number of hydrogen-bond acceptors (Lipinski definition) is 5. The molecule has 0 spiro atoms. The van der Waals surface area contributed by atoms with Crippen molar-refractivity contribution in [1.82, 2.24) is 0 Å². The van der Waals surface area contributed by atoms with Crippen molar-refractivity contribution < 1.29 is 23.7 Å². The lowest BCUT2D eigenvalue weighted by atomic mass is 9.92. The van der Waals surface area contributed by atoms with Crippen molar-refractivity contribution in [1.29, 1.82) is 0 Å². The van der Waals surface area contributed by atoms with E-state index in [-0.39, 0.29) is 12.1 Å². The Bertz CT molecular complexity index is 1810. The van der Waals surface area contributed by atoms with Crippen LogP contribution in [0.15, 0.2) is 121 Å². The molecule has 0 N–H and O–H groups in total. The standard InChI is InChI=1S/C43H42O5/c1-3-46-43(44)41(45-2)29-33-16-22-38(23-17-33)47-26-27-48-42-39-24-18-32(15-14-31-10-6-4-7-11-31)28-36(39)19-20-37-30-35(21-25-40(37)42)34-12-8-5-9-13-34/h4-13,16-25,28,30,41-42H,3,14-15,26-27,29H2,1-2H3. The van der Waals surface area contributed by atoms with Gasteiger partial charge >= 0.3 is 5.97 Å². The smallest absolute Gasteiger partial charge is 0.335 e. The summed E-state index contributed by atoms with van der Waals surface area (Å²) in [4.78, 5) is 12.1. The molecule has 244 valence electrons. The number of ether oxygens (including phenoxy) is 4. The number of carbonyl (C=O) groups is 1. The van der Waals surface area contributed by atoms with Crippen molar-refractivity contribution in [2.75, 3.05) is 26.9 Å². The van der Waals surface area contributed by atoms with Crippen LogP contribution in [-0.4, -0.2) is 39.0 Å². The topological polar surface area (TPSA) is 54.0 Å². The van der Waals surface area contributed by atoms with E-state index in [1.165, 1.54) is 34.9 Å². The Hall–Kier alpha value is -4.97. The zero-order valence-electron chi connectivity index (χ0n) is 27.6. The highest BCUT2D eigenvalue weighted by Gasteiger charge is 2.23. The van der Waals surface area contributed by atoms with E-state index in [2.05, 4.69) is 103 Å².